The molecule has 1 heterocycles. The first-order chi connectivity index (χ1) is 49.8. The molecule has 0 spiro atoms. The summed E-state index contributed by atoms with van der Waals surface area (Å²) < 4.78 is 71.8. The van der Waals surface area contributed by atoms with E-state index in [1.54, 1.807) is 0 Å². The van der Waals surface area contributed by atoms with E-state index in [0.717, 1.165) is 225 Å². The van der Waals surface area contributed by atoms with Crippen LogP contribution in [-0.2, 0) is 71.8 Å². The molecule has 0 radical (unpaired) electrons. The molecular formula is C81H151N3O18S. The Hall–Kier alpha value is -3.96. The van der Waals surface area contributed by atoms with Crippen molar-refractivity contribution in [3.8, 4) is 0 Å². The van der Waals surface area contributed by atoms with Crippen molar-refractivity contribution in [3.63, 3.8) is 0 Å². The summed E-state index contributed by atoms with van der Waals surface area (Å²) in [6.07, 6.45) is 40.5. The van der Waals surface area contributed by atoms with E-state index < -0.39 is 133 Å². The fraction of sp³-hybridized carbons (Fsp3) is 0.914. The van der Waals surface area contributed by atoms with E-state index in [2.05, 4.69) is 57.5 Å². The summed E-state index contributed by atoms with van der Waals surface area (Å²) in [6.45, 7) is 11.1. The van der Waals surface area contributed by atoms with Gasteiger partial charge in [0.25, 0.3) is 0 Å². The zero-order chi connectivity index (χ0) is 75.8. The molecule has 1 saturated heterocycles. The Morgan fingerprint density at radius 1 is 0.388 bits per heavy atom. The third kappa shape index (κ3) is 55.2. The number of carbonyl (C=O) groups excluding carboxylic acids is 6. The molecule has 21 nitrogen and oxygen atoms in total. The maximum Gasteiger partial charge on any atom is 0.397 e. The van der Waals surface area contributed by atoms with Crippen molar-refractivity contribution in [2.75, 3.05) is 13.2 Å². The van der Waals surface area contributed by atoms with E-state index >= 15 is 0 Å². The minimum Gasteiger partial charge on any atom is -0.480 e. The van der Waals surface area contributed by atoms with E-state index in [4.69, 9.17) is 27.9 Å². The topological polar surface area (TPSA) is 306 Å². The minimum absolute atomic E-state index is 0.137. The molecule has 0 saturated carbocycles. The Kier molecular flexibility index (Phi) is 62.4. The van der Waals surface area contributed by atoms with Crippen molar-refractivity contribution < 1.29 is 84.6 Å². The first-order valence-corrected chi connectivity index (χ1v) is 43.4. The van der Waals surface area contributed by atoms with Crippen LogP contribution in [0.2, 0.25) is 0 Å². The highest BCUT2D eigenvalue weighted by Crippen LogP contribution is 2.29. The van der Waals surface area contributed by atoms with Crippen LogP contribution in [-0.4, -0.2) is 133 Å². The molecule has 3 amide bonds. The zero-order valence-corrected chi connectivity index (χ0v) is 66.6. The van der Waals surface area contributed by atoms with E-state index in [0.29, 0.717) is 57.8 Å². The third-order valence-electron chi connectivity index (χ3n) is 19.8. The summed E-state index contributed by atoms with van der Waals surface area (Å²) in [7, 11) is -5.43. The highest BCUT2D eigenvalue weighted by molar-refractivity contribution is 7.80. The second-order valence-corrected chi connectivity index (χ2v) is 30.7. The van der Waals surface area contributed by atoms with Gasteiger partial charge in [-0.2, -0.15) is 8.42 Å². The third-order valence-corrected chi connectivity index (χ3v) is 20.3. The number of aliphatic carboxylic acids is 1. The fourth-order valence-electron chi connectivity index (χ4n) is 13.6. The monoisotopic (exact) mass is 1490 g/mol. The summed E-state index contributed by atoms with van der Waals surface area (Å²) in [5.74, 6) is -5.25. The lowest BCUT2D eigenvalue weighted by atomic mass is 9.93. The molecule has 0 aromatic rings. The average Bonchev–Trinajstić information content (AvgIpc) is 0.781. The number of aliphatic hydroxyl groups excluding tert-OH is 1. The Morgan fingerprint density at radius 3 is 0.942 bits per heavy atom. The van der Waals surface area contributed by atoms with Crippen molar-refractivity contribution in [1.29, 1.82) is 0 Å². The zero-order valence-electron chi connectivity index (χ0n) is 65.8. The fourth-order valence-corrected chi connectivity index (χ4v) is 14.1. The molecule has 1 aliphatic rings. The summed E-state index contributed by atoms with van der Waals surface area (Å²) in [4.78, 5) is 97.4. The molecule has 0 aromatic carbocycles. The normalized spacial score (nSPS) is 17.3. The predicted molar refractivity (Wildman–Crippen MR) is 408 cm³/mol. The Balaban J connectivity index is 3.86. The maximum absolute atomic E-state index is 14.8. The van der Waals surface area contributed by atoms with Gasteiger partial charge in [-0.25, -0.2) is 8.98 Å². The number of amides is 3. The second-order valence-electron chi connectivity index (χ2n) is 29.6. The molecule has 0 aromatic heterocycles. The van der Waals surface area contributed by atoms with E-state index in [-0.39, 0.29) is 25.7 Å². The number of unbranched alkanes of at least 4 members (excludes halogenated alkanes) is 42. The lowest BCUT2D eigenvalue weighted by molar-refractivity contribution is -0.247. The number of carboxylic acid groups (broad SMARTS) is 1. The van der Waals surface area contributed by atoms with Gasteiger partial charge in [0.1, 0.15) is 36.6 Å². The van der Waals surface area contributed by atoms with E-state index in [1.165, 1.54) is 44.9 Å². The number of hydrogen-bond donors (Lipinski definition) is 6. The lowest BCUT2D eigenvalue weighted by Gasteiger charge is -2.46. The summed E-state index contributed by atoms with van der Waals surface area (Å²) in [5, 5.41) is 29.8. The number of carbonyl (C=O) groups is 7. The Bertz CT molecular complexity index is 2240. The van der Waals surface area contributed by atoms with Gasteiger partial charge in [-0.05, 0) is 57.8 Å². The number of esters is 3. The molecule has 22 heteroatoms. The van der Waals surface area contributed by atoms with Crippen LogP contribution in [0.4, 0.5) is 0 Å². The van der Waals surface area contributed by atoms with E-state index in [1.807, 2.05) is 0 Å². The van der Waals surface area contributed by atoms with Crippen LogP contribution in [0.5, 0.6) is 0 Å². The standard InChI is InChI=1S/C81H151N3O18S/c1-7-13-19-25-31-34-40-43-49-55-66(98-74(89)58-52-46-37-28-22-16-10-4)61-71(86)82-69(80(92)93)65-97-81-78(84-73(88)63-68(57-51-45-42-36-33-27-21-15-9-3)100-76(91)60-54-48-39-30-24-18-12-6)77(79(70(64-85)101-81)102-103(94,95)96)83-72(87)62-67(56-50-44-41-35-32-26-20-14-8-2)99-75(90)59-53-47-38-29-23-17-11-5/h66-70,77-79,81,85H,7-65H2,1-6H3,(H,82,86)(H,83,87)(H,84,88)(H,92,93)(H,94,95,96)/t66-,67-,68-,69+,70?,77?,78?,79-,81-/m1/s1. The van der Waals surface area contributed by atoms with Crippen molar-refractivity contribution >= 4 is 52.0 Å². The van der Waals surface area contributed by atoms with Crippen LogP contribution in [0.1, 0.15) is 408 Å². The van der Waals surface area contributed by atoms with Crippen LogP contribution in [0.25, 0.3) is 0 Å². The van der Waals surface area contributed by atoms with Crippen LogP contribution in [0, 0.1) is 0 Å². The molecule has 6 N–H and O–H groups in total. The maximum atomic E-state index is 14.8. The molecule has 1 aliphatic heterocycles. The highest BCUT2D eigenvalue weighted by Gasteiger charge is 2.51. The van der Waals surface area contributed by atoms with Crippen LogP contribution >= 0.6 is 0 Å². The number of aliphatic hydroxyl groups is 1. The molecular weight excluding hydrogens is 1330 g/mol. The van der Waals surface area contributed by atoms with Crippen LogP contribution in [0.3, 0.4) is 0 Å². The highest BCUT2D eigenvalue weighted by atomic mass is 32.3. The van der Waals surface area contributed by atoms with Crippen molar-refractivity contribution in [1.82, 2.24) is 16.0 Å². The molecule has 9 atom stereocenters. The molecule has 103 heavy (non-hydrogen) atoms. The molecule has 1 fully saturated rings. The largest absolute Gasteiger partial charge is 0.480 e. The van der Waals surface area contributed by atoms with Gasteiger partial charge in [-0.1, -0.05) is 311 Å². The van der Waals surface area contributed by atoms with Crippen LogP contribution < -0.4 is 16.0 Å². The SMILES string of the molecule is CCCCCCCCCCC[C@H](CC(=O)NC1C(NC(=O)C[C@@H](CCCCCCCCCCC)OC(=O)CCCCCCCCC)[C@H](OS(=O)(=O)O)C(CO)O[C@H]1OC[C@H](NC(=O)C[C@@H](CCCCCCCCCCC)OC(=O)CCCCCCCCC)C(=O)O)OC(=O)CCCCCCCCC. The number of rotatable bonds is 73. The average molecular weight is 1490 g/mol. The summed E-state index contributed by atoms with van der Waals surface area (Å²) in [5.41, 5.74) is 0. The minimum atomic E-state index is -5.43. The Morgan fingerprint density at radius 2 is 0.660 bits per heavy atom. The van der Waals surface area contributed by atoms with Crippen molar-refractivity contribution in [2.24, 2.45) is 0 Å². The smallest absolute Gasteiger partial charge is 0.397 e. The quantitative estimate of drug-likeness (QED) is 0.0143. The molecule has 3 unspecified atom stereocenters. The van der Waals surface area contributed by atoms with Gasteiger partial charge in [0.05, 0.1) is 38.5 Å². The van der Waals surface area contributed by atoms with Gasteiger partial charge >= 0.3 is 34.3 Å². The lowest BCUT2D eigenvalue weighted by Crippen LogP contribution is -2.70. The van der Waals surface area contributed by atoms with Crippen molar-refractivity contribution in [3.05, 3.63) is 0 Å². The predicted octanol–water partition coefficient (Wildman–Crippen LogP) is 18.5. The molecule has 1 rings (SSSR count). The van der Waals surface area contributed by atoms with Gasteiger partial charge in [-0.15, -0.1) is 0 Å². The molecule has 0 aliphatic carbocycles. The Labute approximate surface area is 625 Å². The second kappa shape index (κ2) is 66.3. The summed E-state index contributed by atoms with van der Waals surface area (Å²) >= 11 is 0. The summed E-state index contributed by atoms with van der Waals surface area (Å²) in [6, 6.07) is -5.26. The molecule has 0 bridgehead atoms. The number of hydrogen-bond acceptors (Lipinski definition) is 16. The molecule has 604 valence electrons. The van der Waals surface area contributed by atoms with Gasteiger partial charge in [-0.3, -0.25) is 33.3 Å². The number of ether oxygens (including phenoxy) is 5. The van der Waals surface area contributed by atoms with Gasteiger partial charge in [0.15, 0.2) is 12.3 Å². The van der Waals surface area contributed by atoms with Gasteiger partial charge < -0.3 is 49.8 Å². The number of carboxylic acids is 1. The van der Waals surface area contributed by atoms with Gasteiger partial charge in [0, 0.05) is 19.3 Å². The van der Waals surface area contributed by atoms with Gasteiger partial charge in [0.2, 0.25) is 17.7 Å². The first-order valence-electron chi connectivity index (χ1n) is 42.1. The van der Waals surface area contributed by atoms with Crippen molar-refractivity contribution in [2.45, 2.75) is 462 Å². The van der Waals surface area contributed by atoms with Crippen LogP contribution in [0.15, 0.2) is 0 Å². The number of nitrogens with one attached hydrogen (secondary N) is 3. The first kappa shape index (κ1) is 97.1. The van der Waals surface area contributed by atoms with E-state index in [9.17, 15) is 56.7 Å².